The van der Waals surface area contributed by atoms with Crippen molar-refractivity contribution in [3.05, 3.63) is 47.2 Å². The monoisotopic (exact) mass is 408 g/mol. The van der Waals surface area contributed by atoms with Gasteiger partial charge in [-0.1, -0.05) is 19.9 Å². The summed E-state index contributed by atoms with van der Waals surface area (Å²) in [6.07, 6.45) is 5.66. The van der Waals surface area contributed by atoms with Gasteiger partial charge >= 0.3 is 0 Å². The van der Waals surface area contributed by atoms with E-state index in [1.165, 1.54) is 0 Å². The van der Waals surface area contributed by atoms with Gasteiger partial charge in [0.1, 0.15) is 5.84 Å². The van der Waals surface area contributed by atoms with Crippen LogP contribution in [0.2, 0.25) is 0 Å². The molecule has 3 rings (SSSR count). The highest BCUT2D eigenvalue weighted by atomic mass is 16.2. The second-order valence-corrected chi connectivity index (χ2v) is 7.34. The Balaban J connectivity index is 1.87. The number of fused-ring (bicyclic) bond motifs is 1. The molecule has 158 valence electrons. The van der Waals surface area contributed by atoms with Gasteiger partial charge in [0.05, 0.1) is 5.69 Å². The molecule has 0 radical (unpaired) electrons. The number of carbonyl (C=O) groups excluding carboxylic acids is 2. The van der Waals surface area contributed by atoms with Gasteiger partial charge in [-0.05, 0) is 31.1 Å². The molecular formula is C22H28N6O2. The summed E-state index contributed by atoms with van der Waals surface area (Å²) in [7, 11) is 1.78. The Hall–Kier alpha value is -3.42. The van der Waals surface area contributed by atoms with Gasteiger partial charge in [-0.3, -0.25) is 14.3 Å². The molecule has 0 unspecified atom stereocenters. The van der Waals surface area contributed by atoms with Crippen molar-refractivity contribution in [1.29, 1.82) is 0 Å². The highest BCUT2D eigenvalue weighted by Crippen LogP contribution is 2.28. The van der Waals surface area contributed by atoms with Crippen LogP contribution in [0, 0.1) is 0 Å². The van der Waals surface area contributed by atoms with E-state index in [0.717, 1.165) is 18.4 Å². The largest absolute Gasteiger partial charge is 0.387 e. The molecule has 0 spiro atoms. The minimum atomic E-state index is -0.285. The van der Waals surface area contributed by atoms with E-state index in [4.69, 9.17) is 5.73 Å². The highest BCUT2D eigenvalue weighted by molar-refractivity contribution is 6.07. The predicted molar refractivity (Wildman–Crippen MR) is 119 cm³/mol. The number of anilines is 1. The van der Waals surface area contributed by atoms with Gasteiger partial charge < -0.3 is 16.0 Å². The number of nitrogens with one attached hydrogen (secondary N) is 1. The molecule has 1 aliphatic rings. The van der Waals surface area contributed by atoms with Gasteiger partial charge in [-0.15, -0.1) is 0 Å². The molecule has 0 saturated carbocycles. The topological polar surface area (TPSA) is 106 Å². The van der Waals surface area contributed by atoms with Crippen LogP contribution in [0.4, 0.5) is 11.5 Å². The van der Waals surface area contributed by atoms with Crippen molar-refractivity contribution in [2.45, 2.75) is 33.1 Å². The fourth-order valence-corrected chi connectivity index (χ4v) is 3.40. The zero-order valence-corrected chi connectivity index (χ0v) is 17.7. The third-order valence-corrected chi connectivity index (χ3v) is 4.76. The van der Waals surface area contributed by atoms with Crippen molar-refractivity contribution in [3.8, 4) is 0 Å². The van der Waals surface area contributed by atoms with E-state index in [-0.39, 0.29) is 18.2 Å². The molecule has 1 aromatic heterocycles. The number of carbonyl (C=O) groups is 2. The summed E-state index contributed by atoms with van der Waals surface area (Å²) in [5.74, 6) is 0.525. The third kappa shape index (κ3) is 4.94. The van der Waals surface area contributed by atoms with Crippen LogP contribution in [0.3, 0.4) is 0 Å². The molecule has 3 N–H and O–H groups in total. The van der Waals surface area contributed by atoms with Crippen LogP contribution < -0.4 is 11.1 Å². The van der Waals surface area contributed by atoms with Crippen LogP contribution in [0.25, 0.3) is 6.08 Å². The lowest BCUT2D eigenvalue weighted by atomic mass is 10.0. The molecular weight excluding hydrogens is 380 g/mol. The van der Waals surface area contributed by atoms with Crippen LogP contribution in [-0.2, 0) is 11.8 Å². The van der Waals surface area contributed by atoms with E-state index in [1.54, 1.807) is 42.2 Å². The number of hydrogen-bond acceptors (Lipinski definition) is 5. The number of aromatic nitrogens is 2. The van der Waals surface area contributed by atoms with Crippen molar-refractivity contribution in [2.24, 2.45) is 17.8 Å². The Morgan fingerprint density at radius 1 is 1.20 bits per heavy atom. The molecule has 1 aromatic carbocycles. The van der Waals surface area contributed by atoms with E-state index in [1.807, 2.05) is 11.0 Å². The van der Waals surface area contributed by atoms with Crippen LogP contribution in [-0.4, -0.2) is 45.4 Å². The molecule has 0 bridgehead atoms. The lowest BCUT2D eigenvalue weighted by Crippen LogP contribution is -2.34. The summed E-state index contributed by atoms with van der Waals surface area (Å²) in [5.41, 5.74) is 8.50. The maximum absolute atomic E-state index is 13.0. The predicted octanol–water partition coefficient (Wildman–Crippen LogP) is 3.10. The van der Waals surface area contributed by atoms with Gasteiger partial charge in [-0.25, -0.2) is 4.99 Å². The molecule has 2 aromatic rings. The average molecular weight is 409 g/mol. The quantitative estimate of drug-likeness (QED) is 0.734. The number of rotatable bonds is 7. The van der Waals surface area contributed by atoms with E-state index < -0.39 is 0 Å². The van der Waals surface area contributed by atoms with Crippen molar-refractivity contribution >= 4 is 35.2 Å². The standard InChI is InChI=1S/C22H28N6O2/c1-4-9-28(10-5-2)22(30)17-12-15-6-7-16(13-18(15)24-19(23)14-17)21(29)25-20-8-11-27(3)26-20/h6-8,11-13H,4-5,9-10,14H2,1-3H3,(H2,23,24)(H,25,26,29). The Kier molecular flexibility index (Phi) is 6.66. The summed E-state index contributed by atoms with van der Waals surface area (Å²) in [6.45, 7) is 5.53. The SMILES string of the molecule is CCCN(CCC)C(=O)C1=Cc2ccc(C(=O)Nc3ccn(C)n3)cc2N=C(N)C1. The Bertz CT molecular complexity index is 999. The second-order valence-electron chi connectivity index (χ2n) is 7.34. The number of nitrogens with two attached hydrogens (primary N) is 1. The first kappa shape index (κ1) is 21.3. The molecule has 0 aliphatic carbocycles. The Morgan fingerprint density at radius 2 is 1.93 bits per heavy atom. The summed E-state index contributed by atoms with van der Waals surface area (Å²) in [5, 5.41) is 6.91. The normalized spacial score (nSPS) is 13.0. The zero-order valence-electron chi connectivity index (χ0n) is 17.7. The van der Waals surface area contributed by atoms with Gasteiger partial charge in [0.25, 0.3) is 5.91 Å². The minimum absolute atomic E-state index is 0.0123. The maximum Gasteiger partial charge on any atom is 0.256 e. The van der Waals surface area contributed by atoms with Crippen molar-refractivity contribution < 1.29 is 9.59 Å². The van der Waals surface area contributed by atoms with E-state index >= 15 is 0 Å². The molecule has 8 heteroatoms. The number of hydrogen-bond donors (Lipinski definition) is 2. The number of aliphatic imine (C=N–C) groups is 1. The lowest BCUT2D eigenvalue weighted by molar-refractivity contribution is -0.127. The van der Waals surface area contributed by atoms with Crippen molar-refractivity contribution in [2.75, 3.05) is 18.4 Å². The van der Waals surface area contributed by atoms with Gasteiger partial charge in [0.2, 0.25) is 5.91 Å². The molecule has 30 heavy (non-hydrogen) atoms. The van der Waals surface area contributed by atoms with Crippen LogP contribution in [0.1, 0.15) is 49.0 Å². The highest BCUT2D eigenvalue weighted by Gasteiger charge is 2.21. The molecule has 2 heterocycles. The van der Waals surface area contributed by atoms with Crippen LogP contribution >= 0.6 is 0 Å². The molecule has 8 nitrogen and oxygen atoms in total. The third-order valence-electron chi connectivity index (χ3n) is 4.76. The first-order valence-corrected chi connectivity index (χ1v) is 10.2. The van der Waals surface area contributed by atoms with Crippen LogP contribution in [0.5, 0.6) is 0 Å². The van der Waals surface area contributed by atoms with Gasteiger partial charge in [0, 0.05) is 55.5 Å². The fourth-order valence-electron chi connectivity index (χ4n) is 3.40. The maximum atomic E-state index is 13.0. The summed E-state index contributed by atoms with van der Waals surface area (Å²) in [4.78, 5) is 31.9. The summed E-state index contributed by atoms with van der Waals surface area (Å²) >= 11 is 0. The van der Waals surface area contributed by atoms with Gasteiger partial charge in [-0.2, -0.15) is 5.10 Å². The van der Waals surface area contributed by atoms with E-state index in [2.05, 4.69) is 29.3 Å². The average Bonchev–Trinajstić information content (AvgIpc) is 3.03. The fraction of sp³-hybridized carbons (Fsp3) is 0.364. The van der Waals surface area contributed by atoms with Crippen molar-refractivity contribution in [1.82, 2.24) is 14.7 Å². The van der Waals surface area contributed by atoms with Crippen molar-refractivity contribution in [3.63, 3.8) is 0 Å². The van der Waals surface area contributed by atoms with E-state index in [9.17, 15) is 9.59 Å². The van der Waals surface area contributed by atoms with E-state index in [0.29, 0.717) is 41.6 Å². The number of aryl methyl sites for hydroxylation is 1. The molecule has 0 atom stereocenters. The number of amides is 2. The number of nitrogens with zero attached hydrogens (tertiary/aromatic N) is 4. The molecule has 1 aliphatic heterocycles. The van der Waals surface area contributed by atoms with Gasteiger partial charge in [0.15, 0.2) is 5.82 Å². The Morgan fingerprint density at radius 3 is 2.57 bits per heavy atom. The smallest absolute Gasteiger partial charge is 0.256 e. The summed E-state index contributed by atoms with van der Waals surface area (Å²) in [6, 6.07) is 6.90. The Labute approximate surface area is 176 Å². The lowest BCUT2D eigenvalue weighted by Gasteiger charge is -2.22. The number of benzene rings is 1. The summed E-state index contributed by atoms with van der Waals surface area (Å²) < 4.78 is 1.61. The first-order chi connectivity index (χ1) is 14.4. The minimum Gasteiger partial charge on any atom is -0.387 e. The second kappa shape index (κ2) is 9.39. The van der Waals surface area contributed by atoms with Crippen LogP contribution in [0.15, 0.2) is 41.0 Å². The molecule has 0 fully saturated rings. The number of amidine groups is 1. The first-order valence-electron chi connectivity index (χ1n) is 10.2. The zero-order chi connectivity index (χ0) is 21.7. The molecule has 2 amide bonds. The molecule has 0 saturated heterocycles.